The average molecular weight is 1100 g/mol. The van der Waals surface area contributed by atoms with Crippen LogP contribution in [0.3, 0.4) is 0 Å². The van der Waals surface area contributed by atoms with E-state index in [0.717, 1.165) is 128 Å². The summed E-state index contributed by atoms with van der Waals surface area (Å²) in [6, 6.07) is 0. The van der Waals surface area contributed by atoms with Gasteiger partial charge in [-0.25, -0.2) is 9.13 Å². The first kappa shape index (κ1) is 72.1. The molecule has 0 radical (unpaired) electrons. The van der Waals surface area contributed by atoms with Gasteiger partial charge in [0.25, 0.3) is 0 Å². The van der Waals surface area contributed by atoms with Crippen LogP contribution in [-0.2, 0) is 65.4 Å². The Morgan fingerprint density at radius 3 is 0.919 bits per heavy atom. The van der Waals surface area contributed by atoms with E-state index in [2.05, 4.69) is 41.5 Å². The lowest BCUT2D eigenvalue weighted by molar-refractivity contribution is -0.161. The number of esters is 4. The number of aliphatic hydroxyl groups is 1. The molecule has 0 amide bonds. The maximum absolute atomic E-state index is 12.9. The van der Waals surface area contributed by atoms with Crippen molar-refractivity contribution in [3.63, 3.8) is 0 Å². The van der Waals surface area contributed by atoms with Gasteiger partial charge >= 0.3 is 39.5 Å². The molecule has 0 aromatic rings. The predicted molar refractivity (Wildman–Crippen MR) is 289 cm³/mol. The van der Waals surface area contributed by atoms with Crippen LogP contribution in [-0.4, -0.2) is 96.7 Å². The van der Waals surface area contributed by atoms with E-state index in [1.54, 1.807) is 0 Å². The molecule has 0 bridgehead atoms. The van der Waals surface area contributed by atoms with E-state index in [1.165, 1.54) is 44.9 Å². The van der Waals surface area contributed by atoms with E-state index >= 15 is 0 Å². The minimum atomic E-state index is -4.93. The van der Waals surface area contributed by atoms with Crippen LogP contribution in [0.4, 0.5) is 0 Å². The molecular weight excluding hydrogens is 995 g/mol. The first-order chi connectivity index (χ1) is 35.4. The first-order valence-electron chi connectivity index (χ1n) is 29.0. The van der Waals surface area contributed by atoms with Crippen LogP contribution in [0.25, 0.3) is 0 Å². The summed E-state index contributed by atoms with van der Waals surface area (Å²) < 4.78 is 67.4. The van der Waals surface area contributed by atoms with Gasteiger partial charge in [0.2, 0.25) is 0 Å². The Hall–Kier alpha value is -1.94. The van der Waals surface area contributed by atoms with E-state index in [4.69, 9.17) is 37.0 Å². The van der Waals surface area contributed by atoms with Crippen molar-refractivity contribution in [1.29, 1.82) is 0 Å². The molecule has 0 aliphatic carbocycles. The van der Waals surface area contributed by atoms with Crippen LogP contribution in [0, 0.1) is 11.8 Å². The number of unbranched alkanes of at least 4 members (excludes halogenated alkanes) is 24. The number of phosphoric acid groups is 2. The molecule has 0 heterocycles. The van der Waals surface area contributed by atoms with Gasteiger partial charge in [-0.2, -0.15) is 0 Å². The molecule has 0 saturated carbocycles. The maximum atomic E-state index is 12.9. The lowest BCUT2D eigenvalue weighted by Gasteiger charge is -2.21. The fourth-order valence-corrected chi connectivity index (χ4v) is 9.52. The third-order valence-corrected chi connectivity index (χ3v) is 14.4. The Morgan fingerprint density at radius 2 is 0.622 bits per heavy atom. The fraction of sp³-hybridized carbons (Fsp3) is 0.927. The van der Waals surface area contributed by atoms with Gasteiger partial charge in [0.15, 0.2) is 12.2 Å². The minimum Gasteiger partial charge on any atom is -0.462 e. The van der Waals surface area contributed by atoms with Crippen molar-refractivity contribution in [2.75, 3.05) is 39.6 Å². The van der Waals surface area contributed by atoms with Crippen LogP contribution < -0.4 is 0 Å². The Labute approximate surface area is 447 Å². The Bertz CT molecular complexity index is 1480. The quantitative estimate of drug-likeness (QED) is 0.0222. The van der Waals surface area contributed by atoms with E-state index in [1.807, 2.05) is 0 Å². The van der Waals surface area contributed by atoms with Crippen LogP contribution in [0.5, 0.6) is 0 Å². The highest BCUT2D eigenvalue weighted by Crippen LogP contribution is 2.45. The molecule has 3 N–H and O–H groups in total. The Kier molecular flexibility index (Phi) is 46.9. The first-order valence-corrected chi connectivity index (χ1v) is 32.0. The number of carbonyl (C=O) groups is 4. The van der Waals surface area contributed by atoms with E-state index in [9.17, 15) is 43.2 Å². The van der Waals surface area contributed by atoms with Gasteiger partial charge in [-0.05, 0) is 37.5 Å². The maximum Gasteiger partial charge on any atom is 0.472 e. The second-order valence-electron chi connectivity index (χ2n) is 20.9. The molecule has 2 unspecified atom stereocenters. The molecule has 0 aromatic heterocycles. The van der Waals surface area contributed by atoms with Gasteiger partial charge in [0.1, 0.15) is 19.3 Å². The minimum absolute atomic E-state index is 0.103. The molecule has 0 aliphatic heterocycles. The third kappa shape index (κ3) is 49.6. The van der Waals surface area contributed by atoms with Crippen molar-refractivity contribution in [2.45, 2.75) is 278 Å². The molecule has 0 saturated heterocycles. The van der Waals surface area contributed by atoms with Gasteiger partial charge in [0.05, 0.1) is 26.4 Å². The number of hydrogen-bond donors (Lipinski definition) is 3. The Balaban J connectivity index is 5.20. The van der Waals surface area contributed by atoms with E-state index in [0.29, 0.717) is 31.6 Å². The van der Waals surface area contributed by atoms with Crippen molar-refractivity contribution in [2.24, 2.45) is 11.8 Å². The van der Waals surface area contributed by atoms with Crippen molar-refractivity contribution in [1.82, 2.24) is 0 Å². The summed E-state index contributed by atoms with van der Waals surface area (Å²) in [4.78, 5) is 71.5. The second-order valence-corrected chi connectivity index (χ2v) is 23.8. The number of carbonyl (C=O) groups excluding carboxylic acids is 4. The lowest BCUT2D eigenvalue weighted by atomic mass is 10.0. The van der Waals surface area contributed by atoms with Gasteiger partial charge in [-0.1, -0.05) is 208 Å². The smallest absolute Gasteiger partial charge is 0.462 e. The third-order valence-electron chi connectivity index (χ3n) is 12.5. The van der Waals surface area contributed by atoms with Crippen molar-refractivity contribution in [3.8, 4) is 0 Å². The van der Waals surface area contributed by atoms with E-state index in [-0.39, 0.29) is 25.7 Å². The molecule has 0 aliphatic rings. The van der Waals surface area contributed by atoms with Crippen LogP contribution in [0.2, 0.25) is 0 Å². The molecule has 0 aromatic carbocycles. The van der Waals surface area contributed by atoms with Crippen LogP contribution in [0.15, 0.2) is 0 Å². The normalized spacial score (nSPS) is 14.6. The van der Waals surface area contributed by atoms with Crippen molar-refractivity contribution in [3.05, 3.63) is 0 Å². The van der Waals surface area contributed by atoms with Crippen LogP contribution in [0.1, 0.15) is 260 Å². The molecule has 0 rings (SSSR count). The fourth-order valence-electron chi connectivity index (χ4n) is 7.94. The van der Waals surface area contributed by atoms with Gasteiger partial charge in [0, 0.05) is 25.7 Å². The summed E-state index contributed by atoms with van der Waals surface area (Å²) >= 11 is 0. The second kappa shape index (κ2) is 48.2. The summed E-state index contributed by atoms with van der Waals surface area (Å²) in [5, 5.41) is 10.5. The summed E-state index contributed by atoms with van der Waals surface area (Å²) in [5.41, 5.74) is 0. The summed E-state index contributed by atoms with van der Waals surface area (Å²) in [5.74, 6) is -0.761. The average Bonchev–Trinajstić information content (AvgIpc) is 3.35. The number of phosphoric ester groups is 2. The number of ether oxygens (including phenoxy) is 4. The molecule has 17 nitrogen and oxygen atoms in total. The number of hydrogen-bond acceptors (Lipinski definition) is 15. The van der Waals surface area contributed by atoms with Gasteiger partial charge in [-0.15, -0.1) is 0 Å². The molecule has 0 spiro atoms. The monoisotopic (exact) mass is 1100 g/mol. The summed E-state index contributed by atoms with van der Waals surface area (Å²) in [7, 11) is -9.86. The Morgan fingerprint density at radius 1 is 0.365 bits per heavy atom. The SMILES string of the molecule is CCCCCCCCCC(=O)OC[C@H](COP(=O)(O)OC[C@H](O)COP(=O)(O)OC[C@@H](COC(=O)CCCCCCCCC(C)C)OC(=O)CCCCCCCCCCC(C)C)OC(=O)CCCCCCCCC. The summed E-state index contributed by atoms with van der Waals surface area (Å²) in [6.45, 7) is 9.21. The molecule has 5 atom stereocenters. The number of aliphatic hydroxyl groups excluding tert-OH is 1. The number of rotatable bonds is 54. The lowest BCUT2D eigenvalue weighted by Crippen LogP contribution is -2.30. The standard InChI is InChI=1S/C55H106O17P2/c1-7-9-11-13-17-25-31-37-52(57)65-43-50(71-54(59)39-33-27-18-14-12-10-8-2)45-69-73(61,62)67-41-49(56)42-68-74(63,64)70-46-51(44-66-53(58)38-32-26-22-21-24-30-36-48(5)6)72-55(60)40-34-28-20-16-15-19-23-29-35-47(3)4/h47-51,56H,7-46H2,1-6H3,(H,61,62)(H,63,64)/t49-,50+,51+/m0/s1. The molecule has 0 fully saturated rings. The highest BCUT2D eigenvalue weighted by Gasteiger charge is 2.30. The largest absolute Gasteiger partial charge is 0.472 e. The predicted octanol–water partition coefficient (Wildman–Crippen LogP) is 14.1. The topological polar surface area (TPSA) is 237 Å². The highest BCUT2D eigenvalue weighted by atomic mass is 31.2. The zero-order chi connectivity index (χ0) is 55.1. The molecular formula is C55H106O17P2. The van der Waals surface area contributed by atoms with Crippen molar-refractivity contribution < 1.29 is 80.2 Å². The summed E-state index contributed by atoms with van der Waals surface area (Å²) in [6.07, 6.45) is 27.1. The van der Waals surface area contributed by atoms with Gasteiger partial charge < -0.3 is 33.8 Å². The molecule has 19 heteroatoms. The van der Waals surface area contributed by atoms with Gasteiger partial charge in [-0.3, -0.25) is 37.3 Å². The molecule has 74 heavy (non-hydrogen) atoms. The van der Waals surface area contributed by atoms with Crippen LogP contribution >= 0.6 is 15.6 Å². The van der Waals surface area contributed by atoms with E-state index < -0.39 is 97.5 Å². The highest BCUT2D eigenvalue weighted by molar-refractivity contribution is 7.47. The zero-order valence-electron chi connectivity index (χ0n) is 47.1. The zero-order valence-corrected chi connectivity index (χ0v) is 48.9. The van der Waals surface area contributed by atoms with Crippen molar-refractivity contribution >= 4 is 39.5 Å². The molecule has 438 valence electrons.